The number of hydrogen-bond acceptors (Lipinski definition) is 4. The van der Waals surface area contributed by atoms with Crippen LogP contribution in [-0.2, 0) is 0 Å². The van der Waals surface area contributed by atoms with Gasteiger partial charge in [0.25, 0.3) is 11.8 Å². The molecule has 0 bridgehead atoms. The van der Waals surface area contributed by atoms with Crippen LogP contribution in [0, 0.1) is 0 Å². The second kappa shape index (κ2) is 11.1. The summed E-state index contributed by atoms with van der Waals surface area (Å²) in [4.78, 5) is 38.7. The van der Waals surface area contributed by atoms with Gasteiger partial charge in [-0.2, -0.15) is 0 Å². The molecule has 1 aliphatic carbocycles. The van der Waals surface area contributed by atoms with E-state index in [0.717, 1.165) is 68.9 Å². The summed E-state index contributed by atoms with van der Waals surface area (Å²) >= 11 is 0. The Hall–Kier alpha value is -3.35. The number of carbonyl (C=O) groups is 2. The fraction of sp³-hybridized carbons (Fsp3) is 0.483. The van der Waals surface area contributed by atoms with Gasteiger partial charge in [0.2, 0.25) is 0 Å². The fourth-order valence-corrected chi connectivity index (χ4v) is 5.64. The summed E-state index contributed by atoms with van der Waals surface area (Å²) in [5.41, 5.74) is 3.01. The molecule has 0 spiro atoms. The Bertz CT molecular complexity index is 1210. The van der Waals surface area contributed by atoms with E-state index in [-0.39, 0.29) is 24.0 Å². The third-order valence-corrected chi connectivity index (χ3v) is 7.64. The zero-order valence-electron chi connectivity index (χ0n) is 21.1. The lowest BCUT2D eigenvalue weighted by Gasteiger charge is -2.40. The summed E-state index contributed by atoms with van der Waals surface area (Å²) in [6.07, 6.45) is 9.38. The summed E-state index contributed by atoms with van der Waals surface area (Å²) in [7, 11) is 0. The molecule has 7 heteroatoms. The van der Waals surface area contributed by atoms with Crippen molar-refractivity contribution in [2.24, 2.45) is 0 Å². The van der Waals surface area contributed by atoms with Crippen molar-refractivity contribution in [3.8, 4) is 5.75 Å². The molecule has 2 aromatic carbocycles. The van der Waals surface area contributed by atoms with Crippen LogP contribution in [0.25, 0.3) is 11.0 Å². The summed E-state index contributed by atoms with van der Waals surface area (Å²) in [5, 5.41) is 0. The first-order valence-corrected chi connectivity index (χ1v) is 13.4. The molecule has 1 saturated carbocycles. The van der Waals surface area contributed by atoms with Crippen molar-refractivity contribution < 1.29 is 14.3 Å². The largest absolute Gasteiger partial charge is 0.487 e. The van der Waals surface area contributed by atoms with E-state index in [2.05, 4.69) is 14.9 Å². The Balaban J connectivity index is 1.48. The maximum absolute atomic E-state index is 13.9. The maximum atomic E-state index is 13.9. The van der Waals surface area contributed by atoms with Gasteiger partial charge in [0.05, 0.1) is 29.0 Å². The Kier molecular flexibility index (Phi) is 7.54. The molecule has 1 fully saturated rings. The molecule has 1 N–H and O–H groups in total. The molecular formula is C29H36N4O3. The van der Waals surface area contributed by atoms with Gasteiger partial charge in [-0.05, 0) is 69.4 Å². The molecule has 2 aliphatic rings. The summed E-state index contributed by atoms with van der Waals surface area (Å²) < 4.78 is 6.62. The highest BCUT2D eigenvalue weighted by molar-refractivity contribution is 5.98. The second-order valence-corrected chi connectivity index (χ2v) is 9.94. The van der Waals surface area contributed by atoms with E-state index < -0.39 is 0 Å². The van der Waals surface area contributed by atoms with Crippen LogP contribution >= 0.6 is 0 Å². The highest BCUT2D eigenvalue weighted by atomic mass is 16.5. The summed E-state index contributed by atoms with van der Waals surface area (Å²) in [6, 6.07) is 13.2. The Morgan fingerprint density at radius 1 is 1.03 bits per heavy atom. The van der Waals surface area contributed by atoms with Crippen LogP contribution in [0.4, 0.5) is 0 Å². The SMILES string of the molecule is CCN1CCCCCCN(C(=O)c2ccc3nc[nH]c3c2)[C@@H]2CCCC[C@@H]2Oc2ccccc2C1=O. The molecule has 0 unspecified atom stereocenters. The van der Waals surface area contributed by atoms with Crippen molar-refractivity contribution in [1.29, 1.82) is 0 Å². The number of nitrogens with zero attached hydrogens (tertiary/aromatic N) is 3. The number of para-hydroxylation sites is 1. The number of nitrogens with one attached hydrogen (secondary N) is 1. The number of ether oxygens (including phenoxy) is 1. The van der Waals surface area contributed by atoms with Crippen LogP contribution in [0.3, 0.4) is 0 Å². The first-order valence-electron chi connectivity index (χ1n) is 13.4. The predicted octanol–water partition coefficient (Wildman–Crippen LogP) is 5.43. The Labute approximate surface area is 212 Å². The zero-order chi connectivity index (χ0) is 24.9. The Morgan fingerprint density at radius 3 is 2.69 bits per heavy atom. The third kappa shape index (κ3) is 5.11. The predicted molar refractivity (Wildman–Crippen MR) is 140 cm³/mol. The van der Waals surface area contributed by atoms with Crippen molar-refractivity contribution in [3.63, 3.8) is 0 Å². The number of aromatic amines is 1. The van der Waals surface area contributed by atoms with E-state index in [1.54, 1.807) is 6.33 Å². The molecule has 2 atom stereocenters. The summed E-state index contributed by atoms with van der Waals surface area (Å²) in [5.74, 6) is 0.695. The first-order chi connectivity index (χ1) is 17.7. The van der Waals surface area contributed by atoms with E-state index in [1.165, 1.54) is 0 Å². The minimum Gasteiger partial charge on any atom is -0.487 e. The smallest absolute Gasteiger partial charge is 0.257 e. The van der Waals surface area contributed by atoms with E-state index >= 15 is 0 Å². The number of hydrogen-bond donors (Lipinski definition) is 1. The lowest BCUT2D eigenvalue weighted by molar-refractivity contribution is 0.0267. The number of imidazole rings is 1. The summed E-state index contributed by atoms with van der Waals surface area (Å²) in [6.45, 7) is 4.17. The molecule has 1 aromatic heterocycles. The number of aromatic nitrogens is 2. The van der Waals surface area contributed by atoms with Crippen LogP contribution < -0.4 is 4.74 Å². The van der Waals surface area contributed by atoms with Gasteiger partial charge in [0.1, 0.15) is 11.9 Å². The fourth-order valence-electron chi connectivity index (χ4n) is 5.64. The lowest BCUT2D eigenvalue weighted by Crippen LogP contribution is -2.51. The topological polar surface area (TPSA) is 78.5 Å². The van der Waals surface area contributed by atoms with Crippen molar-refractivity contribution in [1.82, 2.24) is 19.8 Å². The molecule has 1 aliphatic heterocycles. The number of fused-ring (bicyclic) bond motifs is 3. The second-order valence-electron chi connectivity index (χ2n) is 9.94. The highest BCUT2D eigenvalue weighted by Gasteiger charge is 2.35. The van der Waals surface area contributed by atoms with Crippen LogP contribution in [-0.4, -0.2) is 63.4 Å². The number of amides is 2. The molecular weight excluding hydrogens is 452 g/mol. The van der Waals surface area contributed by atoms with Crippen LogP contribution in [0.15, 0.2) is 48.8 Å². The number of H-pyrrole nitrogens is 1. The van der Waals surface area contributed by atoms with Crippen molar-refractivity contribution in [2.75, 3.05) is 19.6 Å². The molecule has 0 saturated heterocycles. The van der Waals surface area contributed by atoms with Crippen molar-refractivity contribution >= 4 is 22.8 Å². The van der Waals surface area contributed by atoms with Gasteiger partial charge in [-0.25, -0.2) is 4.98 Å². The minimum absolute atomic E-state index is 0.0262. The van der Waals surface area contributed by atoms with Gasteiger partial charge in [0, 0.05) is 25.2 Å². The van der Waals surface area contributed by atoms with Crippen LogP contribution in [0.5, 0.6) is 5.75 Å². The monoisotopic (exact) mass is 488 g/mol. The van der Waals surface area contributed by atoms with Gasteiger partial charge >= 0.3 is 0 Å². The molecule has 2 heterocycles. The van der Waals surface area contributed by atoms with Gasteiger partial charge in [-0.3, -0.25) is 9.59 Å². The molecule has 0 radical (unpaired) electrons. The zero-order valence-corrected chi connectivity index (χ0v) is 21.1. The van der Waals surface area contributed by atoms with Gasteiger partial charge in [0.15, 0.2) is 0 Å². The Morgan fingerprint density at radius 2 is 1.83 bits per heavy atom. The lowest BCUT2D eigenvalue weighted by atomic mass is 9.90. The van der Waals surface area contributed by atoms with Crippen LogP contribution in [0.1, 0.15) is 79.0 Å². The van der Waals surface area contributed by atoms with E-state index in [1.807, 2.05) is 54.3 Å². The third-order valence-electron chi connectivity index (χ3n) is 7.64. The molecule has 190 valence electrons. The van der Waals surface area contributed by atoms with Gasteiger partial charge in [-0.1, -0.05) is 31.4 Å². The minimum atomic E-state index is -0.148. The molecule has 2 amide bonds. The normalized spacial score (nSPS) is 21.9. The average Bonchev–Trinajstić information content (AvgIpc) is 3.38. The average molecular weight is 489 g/mol. The van der Waals surface area contributed by atoms with E-state index in [0.29, 0.717) is 30.0 Å². The van der Waals surface area contributed by atoms with Gasteiger partial charge < -0.3 is 19.5 Å². The van der Waals surface area contributed by atoms with E-state index in [4.69, 9.17) is 4.74 Å². The van der Waals surface area contributed by atoms with Crippen LogP contribution in [0.2, 0.25) is 0 Å². The number of carbonyl (C=O) groups excluding carboxylic acids is 2. The standard InChI is InChI=1S/C29H36N4O3/c1-2-32-17-9-3-4-10-18-33(28(34)21-15-16-23-24(19-21)31-20-30-23)25-12-6-8-14-27(25)36-26-13-7-5-11-22(26)29(32)35/h5,7,11,13,15-16,19-20,25,27H,2-4,6,8-10,12,14,17-18H2,1H3,(H,30,31)/t25-,27+/m1/s1. The quantitative estimate of drug-likeness (QED) is 0.522. The van der Waals surface area contributed by atoms with Gasteiger partial charge in [-0.15, -0.1) is 0 Å². The van der Waals surface area contributed by atoms with E-state index in [9.17, 15) is 9.59 Å². The molecule has 7 nitrogen and oxygen atoms in total. The van der Waals surface area contributed by atoms with Crippen molar-refractivity contribution in [3.05, 3.63) is 59.9 Å². The number of rotatable bonds is 2. The first kappa shape index (κ1) is 24.3. The molecule has 3 aromatic rings. The molecule has 5 rings (SSSR count). The molecule has 36 heavy (non-hydrogen) atoms. The van der Waals surface area contributed by atoms with Crippen molar-refractivity contribution in [2.45, 2.75) is 70.4 Å². The highest BCUT2D eigenvalue weighted by Crippen LogP contribution is 2.31. The number of benzene rings is 2. The maximum Gasteiger partial charge on any atom is 0.257 e.